The molecule has 0 unspecified atom stereocenters. The summed E-state index contributed by atoms with van der Waals surface area (Å²) >= 11 is 0. The third kappa shape index (κ3) is 2.03. The molecule has 0 saturated carbocycles. The highest BCUT2D eigenvalue weighted by molar-refractivity contribution is 5.63. The Morgan fingerprint density at radius 2 is 1.69 bits per heavy atom. The minimum atomic E-state index is -0.384. The van der Waals surface area contributed by atoms with Gasteiger partial charge in [0.15, 0.2) is 5.82 Å². The molecule has 0 saturated heterocycles. The van der Waals surface area contributed by atoms with Gasteiger partial charge in [-0.2, -0.15) is 0 Å². The monoisotopic (exact) mass is 216 g/mol. The normalized spacial score (nSPS) is 10.4. The number of anilines is 1. The second-order valence-electron chi connectivity index (χ2n) is 3.98. The summed E-state index contributed by atoms with van der Waals surface area (Å²) in [5.74, 6) is -0.384. The van der Waals surface area contributed by atoms with E-state index in [1.807, 2.05) is 32.0 Å². The third-order valence-corrected chi connectivity index (χ3v) is 2.36. The second kappa shape index (κ2) is 3.93. The summed E-state index contributed by atoms with van der Waals surface area (Å²) < 4.78 is 13.7. The van der Waals surface area contributed by atoms with Gasteiger partial charge in [-0.1, -0.05) is 17.2 Å². The van der Waals surface area contributed by atoms with Crippen molar-refractivity contribution in [3.05, 3.63) is 47.4 Å². The van der Waals surface area contributed by atoms with Crippen LogP contribution in [0.3, 0.4) is 0 Å². The molecular formula is C13H13FN2. The van der Waals surface area contributed by atoms with Gasteiger partial charge in [0.2, 0.25) is 0 Å². The second-order valence-corrected chi connectivity index (χ2v) is 3.98. The number of hydrogen-bond acceptors (Lipinski definition) is 2. The predicted molar refractivity (Wildman–Crippen MR) is 63.5 cm³/mol. The fourth-order valence-corrected chi connectivity index (χ4v) is 1.78. The Bertz CT molecular complexity index is 515. The fourth-order valence-electron chi connectivity index (χ4n) is 1.78. The molecule has 0 aliphatic rings. The Morgan fingerprint density at radius 1 is 1.06 bits per heavy atom. The Labute approximate surface area is 93.9 Å². The van der Waals surface area contributed by atoms with E-state index in [-0.39, 0.29) is 5.82 Å². The number of nitrogens with zero attached hydrogens (tertiary/aromatic N) is 1. The van der Waals surface area contributed by atoms with Crippen LogP contribution >= 0.6 is 0 Å². The molecule has 3 heteroatoms. The zero-order valence-corrected chi connectivity index (χ0v) is 9.29. The van der Waals surface area contributed by atoms with Crippen LogP contribution in [0.5, 0.6) is 0 Å². The maximum atomic E-state index is 13.7. The van der Waals surface area contributed by atoms with Crippen molar-refractivity contribution in [2.24, 2.45) is 0 Å². The number of pyridine rings is 1. The fraction of sp³-hybridized carbons (Fsp3) is 0.154. The summed E-state index contributed by atoms with van der Waals surface area (Å²) in [6, 6.07) is 7.15. The first-order chi connectivity index (χ1) is 7.56. The zero-order chi connectivity index (χ0) is 11.7. The van der Waals surface area contributed by atoms with Gasteiger partial charge in [-0.05, 0) is 26.0 Å². The van der Waals surface area contributed by atoms with Gasteiger partial charge in [0.25, 0.3) is 0 Å². The van der Waals surface area contributed by atoms with Gasteiger partial charge in [0, 0.05) is 11.6 Å². The molecule has 2 aromatic rings. The standard InChI is InChI=1S/C13H13FN2/c1-8-3-9(2)5-10(4-8)13-12(14)6-11(15)7-16-13/h3-7H,15H2,1-2H3. The van der Waals surface area contributed by atoms with Crippen LogP contribution in [-0.4, -0.2) is 4.98 Å². The highest BCUT2D eigenvalue weighted by Crippen LogP contribution is 2.23. The minimum absolute atomic E-state index is 0.339. The molecule has 0 aliphatic heterocycles. The van der Waals surface area contributed by atoms with Crippen molar-refractivity contribution in [2.45, 2.75) is 13.8 Å². The van der Waals surface area contributed by atoms with E-state index >= 15 is 0 Å². The summed E-state index contributed by atoms with van der Waals surface area (Å²) in [4.78, 5) is 4.03. The topological polar surface area (TPSA) is 38.9 Å². The Balaban J connectivity index is 2.58. The van der Waals surface area contributed by atoms with Gasteiger partial charge in [-0.15, -0.1) is 0 Å². The van der Waals surface area contributed by atoms with Crippen LogP contribution in [0.2, 0.25) is 0 Å². The quantitative estimate of drug-likeness (QED) is 0.795. The number of aryl methyl sites for hydroxylation is 2. The number of nitrogen functional groups attached to an aromatic ring is 1. The summed E-state index contributed by atoms with van der Waals surface area (Å²) in [7, 11) is 0. The molecule has 0 radical (unpaired) electrons. The minimum Gasteiger partial charge on any atom is -0.397 e. The van der Waals surface area contributed by atoms with Crippen molar-refractivity contribution in [3.8, 4) is 11.3 Å². The highest BCUT2D eigenvalue weighted by atomic mass is 19.1. The van der Waals surface area contributed by atoms with Gasteiger partial charge in [-0.25, -0.2) is 4.39 Å². The average molecular weight is 216 g/mol. The molecule has 16 heavy (non-hydrogen) atoms. The van der Waals surface area contributed by atoms with Crippen molar-refractivity contribution in [1.29, 1.82) is 0 Å². The third-order valence-electron chi connectivity index (χ3n) is 2.36. The van der Waals surface area contributed by atoms with Crippen LogP contribution in [0.4, 0.5) is 10.1 Å². The maximum Gasteiger partial charge on any atom is 0.151 e. The van der Waals surface area contributed by atoms with Crippen LogP contribution in [-0.2, 0) is 0 Å². The summed E-state index contributed by atoms with van der Waals surface area (Å²) in [5.41, 5.74) is 9.12. The predicted octanol–water partition coefficient (Wildman–Crippen LogP) is 3.09. The molecular weight excluding hydrogens is 203 g/mol. The average Bonchev–Trinajstić information content (AvgIpc) is 2.15. The Morgan fingerprint density at radius 3 is 2.25 bits per heavy atom. The van der Waals surface area contributed by atoms with Gasteiger partial charge in [0.1, 0.15) is 5.69 Å². The van der Waals surface area contributed by atoms with E-state index in [1.165, 1.54) is 12.3 Å². The van der Waals surface area contributed by atoms with Crippen LogP contribution in [0.25, 0.3) is 11.3 Å². The van der Waals surface area contributed by atoms with Gasteiger partial charge in [-0.3, -0.25) is 4.98 Å². The number of hydrogen-bond donors (Lipinski definition) is 1. The number of aromatic nitrogens is 1. The van der Waals surface area contributed by atoms with Gasteiger partial charge >= 0.3 is 0 Å². The first-order valence-electron chi connectivity index (χ1n) is 5.06. The van der Waals surface area contributed by atoms with Gasteiger partial charge < -0.3 is 5.73 Å². The number of benzene rings is 1. The number of halogens is 1. The number of nitrogens with two attached hydrogens (primary N) is 1. The lowest BCUT2D eigenvalue weighted by molar-refractivity contribution is 0.626. The first kappa shape index (κ1) is 10.6. The maximum absolute atomic E-state index is 13.7. The van der Waals surface area contributed by atoms with Crippen LogP contribution in [0.1, 0.15) is 11.1 Å². The smallest absolute Gasteiger partial charge is 0.151 e. The summed E-state index contributed by atoms with van der Waals surface area (Å²) in [6.07, 6.45) is 1.47. The van der Waals surface area contributed by atoms with E-state index in [4.69, 9.17) is 5.73 Å². The molecule has 0 aliphatic carbocycles. The van der Waals surface area contributed by atoms with E-state index < -0.39 is 0 Å². The lowest BCUT2D eigenvalue weighted by atomic mass is 10.0. The lowest BCUT2D eigenvalue weighted by Gasteiger charge is -2.06. The SMILES string of the molecule is Cc1cc(C)cc(-c2ncc(N)cc2F)c1. The molecule has 0 fully saturated rings. The molecule has 0 bridgehead atoms. The molecule has 2 rings (SSSR count). The molecule has 1 aromatic heterocycles. The van der Waals surface area contributed by atoms with E-state index in [2.05, 4.69) is 4.98 Å². The van der Waals surface area contributed by atoms with Crippen LogP contribution in [0.15, 0.2) is 30.5 Å². The molecule has 2 N–H and O–H groups in total. The van der Waals surface area contributed by atoms with E-state index in [0.29, 0.717) is 11.4 Å². The zero-order valence-electron chi connectivity index (χ0n) is 9.29. The van der Waals surface area contributed by atoms with Crippen molar-refractivity contribution in [1.82, 2.24) is 4.98 Å². The van der Waals surface area contributed by atoms with Crippen LogP contribution < -0.4 is 5.73 Å². The van der Waals surface area contributed by atoms with E-state index in [0.717, 1.165) is 16.7 Å². The van der Waals surface area contributed by atoms with Crippen molar-refractivity contribution in [3.63, 3.8) is 0 Å². The molecule has 2 nitrogen and oxygen atoms in total. The summed E-state index contributed by atoms with van der Waals surface area (Å²) in [5, 5.41) is 0. The van der Waals surface area contributed by atoms with Crippen molar-refractivity contribution < 1.29 is 4.39 Å². The van der Waals surface area contributed by atoms with Crippen molar-refractivity contribution in [2.75, 3.05) is 5.73 Å². The highest BCUT2D eigenvalue weighted by Gasteiger charge is 2.07. The largest absolute Gasteiger partial charge is 0.397 e. The first-order valence-corrected chi connectivity index (χ1v) is 5.06. The van der Waals surface area contributed by atoms with Crippen molar-refractivity contribution >= 4 is 5.69 Å². The molecule has 0 amide bonds. The molecule has 1 heterocycles. The molecule has 1 aromatic carbocycles. The van der Waals surface area contributed by atoms with Gasteiger partial charge in [0.05, 0.1) is 11.9 Å². The summed E-state index contributed by atoms with van der Waals surface area (Å²) in [6.45, 7) is 3.96. The molecule has 0 spiro atoms. The Kier molecular flexibility index (Phi) is 2.60. The van der Waals surface area contributed by atoms with Crippen LogP contribution in [0, 0.1) is 19.7 Å². The Hall–Kier alpha value is -1.90. The molecule has 0 atom stereocenters. The number of rotatable bonds is 1. The molecule has 82 valence electrons. The van der Waals surface area contributed by atoms with E-state index in [9.17, 15) is 4.39 Å². The lowest BCUT2D eigenvalue weighted by Crippen LogP contribution is -1.94. The van der Waals surface area contributed by atoms with E-state index in [1.54, 1.807) is 0 Å².